The Morgan fingerprint density at radius 2 is 1.64 bits per heavy atom. The SMILES string of the molecule is COc1ccc(CCNC(=O)c2cn3cc(-c4ccc(C(C)=O)cc4)ccc3n2)cc1OC. The van der Waals surface area contributed by atoms with Crippen LogP contribution in [0.25, 0.3) is 16.8 Å². The molecule has 2 aromatic carbocycles. The number of fused-ring (bicyclic) bond motifs is 1. The molecule has 33 heavy (non-hydrogen) atoms. The number of pyridine rings is 1. The minimum Gasteiger partial charge on any atom is -0.493 e. The van der Waals surface area contributed by atoms with E-state index in [1.807, 2.05) is 65.2 Å². The number of hydrogen-bond acceptors (Lipinski definition) is 5. The zero-order valence-corrected chi connectivity index (χ0v) is 18.8. The average molecular weight is 444 g/mol. The Labute approximate surface area is 192 Å². The van der Waals surface area contributed by atoms with E-state index in [-0.39, 0.29) is 11.7 Å². The summed E-state index contributed by atoms with van der Waals surface area (Å²) in [6.07, 6.45) is 4.29. The maximum atomic E-state index is 12.6. The van der Waals surface area contributed by atoms with Crippen molar-refractivity contribution in [1.29, 1.82) is 0 Å². The van der Waals surface area contributed by atoms with Crippen LogP contribution in [0.15, 0.2) is 67.0 Å². The number of amides is 1. The van der Waals surface area contributed by atoms with Crippen LogP contribution in [-0.2, 0) is 6.42 Å². The Balaban J connectivity index is 1.43. The van der Waals surface area contributed by atoms with Crippen molar-refractivity contribution in [3.05, 3.63) is 83.8 Å². The maximum absolute atomic E-state index is 12.6. The number of carbonyl (C=O) groups excluding carboxylic acids is 2. The molecule has 168 valence electrons. The summed E-state index contributed by atoms with van der Waals surface area (Å²) in [5, 5.41) is 2.92. The molecule has 0 saturated carbocycles. The number of nitrogens with zero attached hydrogens (tertiary/aromatic N) is 2. The number of aromatic nitrogens is 2. The van der Waals surface area contributed by atoms with E-state index in [9.17, 15) is 9.59 Å². The summed E-state index contributed by atoms with van der Waals surface area (Å²) in [5.74, 6) is 1.14. The molecule has 1 N–H and O–H groups in total. The fourth-order valence-corrected chi connectivity index (χ4v) is 3.62. The molecule has 0 saturated heterocycles. The van der Waals surface area contributed by atoms with Crippen LogP contribution in [0.1, 0.15) is 33.3 Å². The van der Waals surface area contributed by atoms with E-state index < -0.39 is 0 Å². The summed E-state index contributed by atoms with van der Waals surface area (Å²) >= 11 is 0. The lowest BCUT2D eigenvalue weighted by atomic mass is 10.0. The number of imidazole rings is 1. The van der Waals surface area contributed by atoms with Gasteiger partial charge in [-0.3, -0.25) is 9.59 Å². The average Bonchev–Trinajstić information content (AvgIpc) is 3.27. The smallest absolute Gasteiger partial charge is 0.271 e. The van der Waals surface area contributed by atoms with Crippen LogP contribution < -0.4 is 14.8 Å². The second kappa shape index (κ2) is 9.56. The molecule has 7 nitrogen and oxygen atoms in total. The van der Waals surface area contributed by atoms with Crippen LogP contribution in [0, 0.1) is 0 Å². The van der Waals surface area contributed by atoms with Gasteiger partial charge in [0.15, 0.2) is 17.3 Å². The normalized spacial score (nSPS) is 10.8. The summed E-state index contributed by atoms with van der Waals surface area (Å²) in [4.78, 5) is 28.5. The highest BCUT2D eigenvalue weighted by atomic mass is 16.5. The minimum absolute atomic E-state index is 0.0355. The second-order valence-corrected chi connectivity index (χ2v) is 7.64. The molecule has 2 heterocycles. The van der Waals surface area contributed by atoms with Gasteiger partial charge in [0, 0.05) is 24.5 Å². The van der Waals surface area contributed by atoms with Gasteiger partial charge in [0.25, 0.3) is 5.91 Å². The lowest BCUT2D eigenvalue weighted by Gasteiger charge is -2.09. The number of methoxy groups -OCH3 is 2. The van der Waals surface area contributed by atoms with E-state index in [1.165, 1.54) is 0 Å². The molecule has 0 spiro atoms. The number of benzene rings is 2. The summed E-state index contributed by atoms with van der Waals surface area (Å²) in [6, 6.07) is 17.0. The molecular formula is C26H25N3O4. The molecule has 0 unspecified atom stereocenters. The fourth-order valence-electron chi connectivity index (χ4n) is 3.62. The second-order valence-electron chi connectivity index (χ2n) is 7.64. The molecule has 0 atom stereocenters. The third-order valence-corrected chi connectivity index (χ3v) is 5.46. The number of ketones is 1. The number of ether oxygens (including phenoxy) is 2. The summed E-state index contributed by atoms with van der Waals surface area (Å²) in [6.45, 7) is 2.02. The van der Waals surface area contributed by atoms with E-state index in [0.717, 1.165) is 16.7 Å². The molecular weight excluding hydrogens is 418 g/mol. The number of hydrogen-bond donors (Lipinski definition) is 1. The third-order valence-electron chi connectivity index (χ3n) is 5.46. The summed E-state index contributed by atoms with van der Waals surface area (Å²) < 4.78 is 12.4. The van der Waals surface area contributed by atoms with Crippen molar-refractivity contribution in [2.75, 3.05) is 20.8 Å². The first-order chi connectivity index (χ1) is 16.0. The lowest BCUT2D eigenvalue weighted by molar-refractivity contribution is 0.0948. The largest absolute Gasteiger partial charge is 0.493 e. The van der Waals surface area contributed by atoms with E-state index in [1.54, 1.807) is 27.3 Å². The highest BCUT2D eigenvalue weighted by Crippen LogP contribution is 2.27. The number of rotatable bonds is 8. The van der Waals surface area contributed by atoms with Crippen molar-refractivity contribution in [2.24, 2.45) is 0 Å². The van der Waals surface area contributed by atoms with Crippen LogP contribution in [0.5, 0.6) is 11.5 Å². The van der Waals surface area contributed by atoms with Gasteiger partial charge in [-0.05, 0) is 54.3 Å². The lowest BCUT2D eigenvalue weighted by Crippen LogP contribution is -2.26. The zero-order chi connectivity index (χ0) is 23.4. The molecule has 2 aromatic heterocycles. The van der Waals surface area contributed by atoms with Gasteiger partial charge < -0.3 is 19.2 Å². The van der Waals surface area contributed by atoms with Gasteiger partial charge in [-0.15, -0.1) is 0 Å². The topological polar surface area (TPSA) is 81.9 Å². The quantitative estimate of drug-likeness (QED) is 0.413. The molecule has 0 aliphatic rings. The van der Waals surface area contributed by atoms with Crippen molar-refractivity contribution in [1.82, 2.24) is 14.7 Å². The van der Waals surface area contributed by atoms with Gasteiger partial charge in [-0.2, -0.15) is 0 Å². The zero-order valence-electron chi connectivity index (χ0n) is 18.8. The Morgan fingerprint density at radius 1 is 0.909 bits per heavy atom. The number of Topliss-reactive ketones (excluding diaryl/α,β-unsaturated/α-hetero) is 1. The van der Waals surface area contributed by atoms with Crippen molar-refractivity contribution in [3.63, 3.8) is 0 Å². The summed E-state index contributed by atoms with van der Waals surface area (Å²) in [7, 11) is 3.19. The fraction of sp³-hybridized carbons (Fsp3) is 0.192. The maximum Gasteiger partial charge on any atom is 0.271 e. The Hall–Kier alpha value is -4.13. The van der Waals surface area contributed by atoms with Gasteiger partial charge >= 0.3 is 0 Å². The van der Waals surface area contributed by atoms with E-state index >= 15 is 0 Å². The van der Waals surface area contributed by atoms with Crippen LogP contribution in [0.4, 0.5) is 0 Å². The van der Waals surface area contributed by atoms with E-state index in [0.29, 0.717) is 41.4 Å². The van der Waals surface area contributed by atoms with Gasteiger partial charge in [-0.25, -0.2) is 4.98 Å². The molecule has 4 aromatic rings. The van der Waals surface area contributed by atoms with Crippen LogP contribution >= 0.6 is 0 Å². The van der Waals surface area contributed by atoms with E-state index in [2.05, 4.69) is 10.3 Å². The molecule has 7 heteroatoms. The van der Waals surface area contributed by atoms with Gasteiger partial charge in [0.1, 0.15) is 11.3 Å². The molecule has 0 radical (unpaired) electrons. The standard InChI is InChI=1S/C26H25N3O4/c1-17(30)19-5-7-20(8-6-19)21-9-11-25-28-22(16-29(25)15-21)26(31)27-13-12-18-4-10-23(32-2)24(14-18)33-3/h4-11,14-16H,12-13H2,1-3H3,(H,27,31). The Bertz CT molecular complexity index is 1310. The van der Waals surface area contributed by atoms with Crippen molar-refractivity contribution in [2.45, 2.75) is 13.3 Å². The molecule has 1 amide bonds. The number of carbonyl (C=O) groups is 2. The first kappa shape index (κ1) is 22.1. The Morgan fingerprint density at radius 3 is 2.33 bits per heavy atom. The Kier molecular flexibility index (Phi) is 6.40. The molecule has 0 bridgehead atoms. The van der Waals surface area contributed by atoms with Gasteiger partial charge in [0.05, 0.1) is 14.2 Å². The van der Waals surface area contributed by atoms with Crippen molar-refractivity contribution < 1.29 is 19.1 Å². The predicted molar refractivity (Wildman–Crippen MR) is 126 cm³/mol. The van der Waals surface area contributed by atoms with Crippen molar-refractivity contribution >= 4 is 17.3 Å². The highest BCUT2D eigenvalue weighted by Gasteiger charge is 2.12. The number of nitrogens with one attached hydrogen (secondary N) is 1. The minimum atomic E-state index is -0.230. The third kappa shape index (κ3) is 4.87. The highest BCUT2D eigenvalue weighted by molar-refractivity contribution is 5.94. The molecule has 4 rings (SSSR count). The van der Waals surface area contributed by atoms with Crippen LogP contribution in [0.3, 0.4) is 0 Å². The molecule has 0 aliphatic heterocycles. The van der Waals surface area contributed by atoms with Gasteiger partial charge in [-0.1, -0.05) is 30.3 Å². The summed E-state index contributed by atoms with van der Waals surface area (Å²) in [5.41, 5.74) is 4.69. The first-order valence-electron chi connectivity index (χ1n) is 10.6. The molecule has 0 aliphatic carbocycles. The first-order valence-corrected chi connectivity index (χ1v) is 10.6. The van der Waals surface area contributed by atoms with Gasteiger partial charge in [0.2, 0.25) is 0 Å². The van der Waals surface area contributed by atoms with E-state index in [4.69, 9.17) is 9.47 Å². The monoisotopic (exact) mass is 443 g/mol. The van der Waals surface area contributed by atoms with Crippen molar-refractivity contribution in [3.8, 4) is 22.6 Å². The predicted octanol–water partition coefficient (Wildman–Crippen LogP) is 4.19. The molecule has 0 fully saturated rings. The van der Waals surface area contributed by atoms with Crippen LogP contribution in [-0.4, -0.2) is 41.8 Å². The van der Waals surface area contributed by atoms with Crippen LogP contribution in [0.2, 0.25) is 0 Å².